The van der Waals surface area contributed by atoms with E-state index >= 15 is 0 Å². The first-order valence-electron chi connectivity index (χ1n) is 4.39. The Kier molecular flexibility index (Phi) is 3.54. The Morgan fingerprint density at radius 3 is 2.33 bits per heavy atom. The van der Waals surface area contributed by atoms with Gasteiger partial charge in [0.25, 0.3) is 0 Å². The number of benzene rings is 1. The van der Waals surface area contributed by atoms with Crippen LogP contribution in [-0.2, 0) is 23.4 Å². The summed E-state index contributed by atoms with van der Waals surface area (Å²) in [4.78, 5) is -0.153. The van der Waals surface area contributed by atoms with Crippen molar-refractivity contribution in [1.82, 2.24) is 0 Å². The zero-order chi connectivity index (χ0) is 11.6. The maximum Gasteiger partial charge on any atom is 0.417 e. The van der Waals surface area contributed by atoms with E-state index in [2.05, 4.69) is 0 Å². The monoisotopic (exact) mass is 236 g/mol. The molecule has 15 heavy (non-hydrogen) atoms. The highest BCUT2D eigenvalue weighted by Gasteiger charge is 2.34. The molecule has 0 spiro atoms. The van der Waals surface area contributed by atoms with E-state index in [9.17, 15) is 17.4 Å². The molecule has 1 nitrogen and oxygen atoms in total. The number of aryl methyl sites for hydroxylation is 1. The van der Waals surface area contributed by atoms with Crippen LogP contribution in [0.2, 0.25) is 0 Å². The molecule has 1 aromatic carbocycles. The minimum atomic E-state index is -4.44. The second-order valence-electron chi connectivity index (χ2n) is 3.14. The van der Waals surface area contributed by atoms with Crippen molar-refractivity contribution in [2.45, 2.75) is 24.4 Å². The molecule has 1 atom stereocenters. The quantitative estimate of drug-likeness (QED) is 0.771. The van der Waals surface area contributed by atoms with Crippen LogP contribution in [0.1, 0.15) is 18.1 Å². The molecule has 0 fully saturated rings. The molecule has 0 N–H and O–H groups in total. The van der Waals surface area contributed by atoms with Crippen LogP contribution in [0, 0.1) is 0 Å². The molecular formula is C10H11F3OS. The fourth-order valence-corrected chi connectivity index (χ4v) is 2.01. The third kappa shape index (κ3) is 2.81. The Morgan fingerprint density at radius 1 is 1.33 bits per heavy atom. The van der Waals surface area contributed by atoms with Crippen LogP contribution in [-0.4, -0.2) is 10.5 Å². The molecule has 0 aromatic heterocycles. The Morgan fingerprint density at radius 2 is 1.93 bits per heavy atom. The van der Waals surface area contributed by atoms with Crippen molar-refractivity contribution in [2.24, 2.45) is 0 Å². The number of hydrogen-bond acceptors (Lipinski definition) is 1. The number of halogens is 3. The normalized spacial score (nSPS) is 13.9. The van der Waals surface area contributed by atoms with Gasteiger partial charge in [-0.15, -0.1) is 0 Å². The van der Waals surface area contributed by atoms with E-state index in [0.717, 1.165) is 6.07 Å². The van der Waals surface area contributed by atoms with E-state index in [1.165, 1.54) is 12.3 Å². The van der Waals surface area contributed by atoms with Crippen molar-refractivity contribution >= 4 is 10.8 Å². The third-order valence-corrected chi connectivity index (χ3v) is 3.04. The van der Waals surface area contributed by atoms with Crippen molar-refractivity contribution in [2.75, 3.05) is 6.26 Å². The first-order chi connectivity index (χ1) is 6.86. The summed E-state index contributed by atoms with van der Waals surface area (Å²) in [7, 11) is -1.62. The summed E-state index contributed by atoms with van der Waals surface area (Å²) in [6, 6.07) is 3.93. The van der Waals surface area contributed by atoms with Gasteiger partial charge in [-0.05, 0) is 24.1 Å². The van der Waals surface area contributed by atoms with Gasteiger partial charge in [-0.3, -0.25) is 4.21 Å². The molecule has 0 heterocycles. The van der Waals surface area contributed by atoms with E-state index in [0.29, 0.717) is 12.0 Å². The van der Waals surface area contributed by atoms with Crippen LogP contribution in [0.3, 0.4) is 0 Å². The zero-order valence-corrected chi connectivity index (χ0v) is 9.21. The Bertz CT molecular complexity index is 385. The summed E-state index contributed by atoms with van der Waals surface area (Å²) in [5, 5.41) is 0. The van der Waals surface area contributed by atoms with Gasteiger partial charge in [0.1, 0.15) is 0 Å². The molecule has 0 aliphatic carbocycles. The lowest BCUT2D eigenvalue weighted by Gasteiger charge is -2.12. The van der Waals surface area contributed by atoms with Crippen LogP contribution in [0.15, 0.2) is 23.1 Å². The SMILES string of the molecule is CCc1ccc(S(C)=O)c(C(F)(F)F)c1. The largest absolute Gasteiger partial charge is 0.417 e. The van der Waals surface area contributed by atoms with Gasteiger partial charge >= 0.3 is 6.18 Å². The summed E-state index contributed by atoms with van der Waals surface area (Å²) >= 11 is 0. The van der Waals surface area contributed by atoms with E-state index in [4.69, 9.17) is 0 Å². The molecule has 1 unspecified atom stereocenters. The van der Waals surface area contributed by atoms with Crippen molar-refractivity contribution in [1.29, 1.82) is 0 Å². The van der Waals surface area contributed by atoms with E-state index in [1.807, 2.05) is 0 Å². The van der Waals surface area contributed by atoms with Crippen LogP contribution in [0.4, 0.5) is 13.2 Å². The molecule has 1 rings (SSSR count). The highest BCUT2D eigenvalue weighted by molar-refractivity contribution is 7.84. The fourth-order valence-electron chi connectivity index (χ4n) is 1.27. The highest BCUT2D eigenvalue weighted by atomic mass is 32.2. The highest BCUT2D eigenvalue weighted by Crippen LogP contribution is 2.34. The zero-order valence-electron chi connectivity index (χ0n) is 8.39. The fraction of sp³-hybridized carbons (Fsp3) is 0.400. The van der Waals surface area contributed by atoms with Crippen molar-refractivity contribution in [3.05, 3.63) is 29.3 Å². The maximum absolute atomic E-state index is 12.6. The summed E-state index contributed by atoms with van der Waals surface area (Å²) in [6.45, 7) is 1.78. The average molecular weight is 236 g/mol. The molecule has 0 aliphatic rings. The molecule has 0 radical (unpaired) electrons. The van der Waals surface area contributed by atoms with Gasteiger partial charge in [0.05, 0.1) is 21.3 Å². The van der Waals surface area contributed by atoms with E-state index in [-0.39, 0.29) is 4.90 Å². The van der Waals surface area contributed by atoms with Crippen molar-refractivity contribution < 1.29 is 17.4 Å². The molecule has 0 aliphatic heterocycles. The summed E-state index contributed by atoms with van der Waals surface area (Å²) in [5.41, 5.74) is -0.195. The number of alkyl halides is 3. The van der Waals surface area contributed by atoms with Crippen molar-refractivity contribution in [3.63, 3.8) is 0 Å². The third-order valence-electron chi connectivity index (χ3n) is 2.07. The second-order valence-corrected chi connectivity index (χ2v) is 4.48. The lowest BCUT2D eigenvalue weighted by molar-refractivity contribution is -0.139. The topological polar surface area (TPSA) is 17.1 Å². The lowest BCUT2D eigenvalue weighted by atomic mass is 10.1. The molecule has 0 saturated carbocycles. The Labute approximate surface area is 88.8 Å². The average Bonchev–Trinajstić information content (AvgIpc) is 2.15. The predicted molar refractivity (Wildman–Crippen MR) is 53.2 cm³/mol. The predicted octanol–water partition coefficient (Wildman–Crippen LogP) is 3.01. The summed E-state index contributed by atoms with van der Waals surface area (Å²) < 4.78 is 48.9. The van der Waals surface area contributed by atoms with E-state index < -0.39 is 22.5 Å². The van der Waals surface area contributed by atoms with Crippen LogP contribution >= 0.6 is 0 Å². The van der Waals surface area contributed by atoms with Crippen LogP contribution < -0.4 is 0 Å². The van der Waals surface area contributed by atoms with E-state index in [1.54, 1.807) is 13.0 Å². The molecule has 84 valence electrons. The van der Waals surface area contributed by atoms with Gasteiger partial charge in [-0.1, -0.05) is 13.0 Å². The summed E-state index contributed by atoms with van der Waals surface area (Å²) in [6.07, 6.45) is -2.66. The first kappa shape index (κ1) is 12.2. The van der Waals surface area contributed by atoms with Gasteiger partial charge in [0, 0.05) is 6.26 Å². The molecular weight excluding hydrogens is 225 g/mol. The summed E-state index contributed by atoms with van der Waals surface area (Å²) in [5.74, 6) is 0. The van der Waals surface area contributed by atoms with Crippen molar-refractivity contribution in [3.8, 4) is 0 Å². The molecule has 1 aromatic rings. The van der Waals surface area contributed by atoms with Gasteiger partial charge in [-0.25, -0.2) is 0 Å². The van der Waals surface area contributed by atoms with Gasteiger partial charge in [0.2, 0.25) is 0 Å². The standard InChI is InChI=1S/C10H11F3OS/c1-3-7-4-5-9(15(2)14)8(6-7)10(11,12)13/h4-6H,3H2,1-2H3. The molecule has 0 saturated heterocycles. The van der Waals surface area contributed by atoms with Crippen LogP contribution in [0.5, 0.6) is 0 Å². The molecule has 0 amide bonds. The van der Waals surface area contributed by atoms with Gasteiger partial charge < -0.3 is 0 Å². The minimum Gasteiger partial charge on any atom is -0.255 e. The smallest absolute Gasteiger partial charge is 0.255 e. The Hall–Kier alpha value is -0.840. The molecule has 5 heteroatoms. The Balaban J connectivity index is 3.36. The minimum absolute atomic E-state index is 0.153. The van der Waals surface area contributed by atoms with Gasteiger partial charge in [-0.2, -0.15) is 13.2 Å². The first-order valence-corrected chi connectivity index (χ1v) is 5.95. The maximum atomic E-state index is 12.6. The number of hydrogen-bond donors (Lipinski definition) is 0. The number of rotatable bonds is 2. The van der Waals surface area contributed by atoms with Crippen LogP contribution in [0.25, 0.3) is 0 Å². The second kappa shape index (κ2) is 4.35. The lowest BCUT2D eigenvalue weighted by Crippen LogP contribution is -2.10. The van der Waals surface area contributed by atoms with Gasteiger partial charge in [0.15, 0.2) is 0 Å². The molecule has 0 bridgehead atoms.